The first-order chi connectivity index (χ1) is 11.2. The minimum Gasteiger partial charge on any atom is -0.465 e. The number of hydrogen-bond acceptors (Lipinski definition) is 3. The number of hydrogen-bond donors (Lipinski definition) is 2. The predicted molar refractivity (Wildman–Crippen MR) is 78.9 cm³/mol. The Morgan fingerprint density at radius 3 is 2.58 bits per heavy atom. The number of halogens is 3. The van der Waals surface area contributed by atoms with Crippen molar-refractivity contribution < 1.29 is 32.6 Å². The molecule has 2 atom stereocenters. The number of methoxy groups -OCH3 is 1. The molecule has 1 aliphatic heterocycles. The molecule has 132 valence electrons. The molecule has 0 aliphatic carbocycles. The number of amides is 2. The van der Waals surface area contributed by atoms with Gasteiger partial charge in [0.05, 0.1) is 24.4 Å². The average molecular weight is 346 g/mol. The van der Waals surface area contributed by atoms with Crippen molar-refractivity contribution in [2.75, 3.05) is 12.0 Å². The summed E-state index contributed by atoms with van der Waals surface area (Å²) in [5.41, 5.74) is -0.671. The average Bonchev–Trinajstić information content (AvgIpc) is 2.52. The zero-order valence-corrected chi connectivity index (χ0v) is 13.1. The molecule has 0 radical (unpaired) electrons. The Morgan fingerprint density at radius 1 is 1.42 bits per heavy atom. The maximum Gasteiger partial charge on any atom is 0.416 e. The van der Waals surface area contributed by atoms with Crippen molar-refractivity contribution in [3.63, 3.8) is 0 Å². The lowest BCUT2D eigenvalue weighted by atomic mass is 9.89. The molecule has 6 nitrogen and oxygen atoms in total. The number of nitrogens with one attached hydrogen (secondary N) is 1. The molecule has 1 heterocycles. The SMILES string of the molecule is CC[C@@H]1C[C@H](NC(=O)OC)c2cc(C(F)(F)F)ccc2N1C(=O)O. The summed E-state index contributed by atoms with van der Waals surface area (Å²) >= 11 is 0. The number of nitrogens with zero attached hydrogens (tertiary/aromatic N) is 1. The van der Waals surface area contributed by atoms with E-state index in [1.54, 1.807) is 6.92 Å². The molecular weight excluding hydrogens is 329 g/mol. The van der Waals surface area contributed by atoms with Crippen LogP contribution in [0, 0.1) is 0 Å². The Hall–Kier alpha value is -2.45. The maximum absolute atomic E-state index is 13.0. The number of alkyl halides is 3. The van der Waals surface area contributed by atoms with Crippen LogP contribution in [0.2, 0.25) is 0 Å². The summed E-state index contributed by atoms with van der Waals surface area (Å²) in [4.78, 5) is 24.1. The van der Waals surface area contributed by atoms with Gasteiger partial charge in [-0.25, -0.2) is 9.59 Å². The molecule has 2 amide bonds. The van der Waals surface area contributed by atoms with Crippen molar-refractivity contribution in [1.82, 2.24) is 5.32 Å². The van der Waals surface area contributed by atoms with E-state index in [2.05, 4.69) is 10.1 Å². The highest BCUT2D eigenvalue weighted by Crippen LogP contribution is 2.41. The molecule has 24 heavy (non-hydrogen) atoms. The highest BCUT2D eigenvalue weighted by atomic mass is 19.4. The topological polar surface area (TPSA) is 78.9 Å². The second kappa shape index (κ2) is 6.58. The molecule has 1 aromatic rings. The highest BCUT2D eigenvalue weighted by Gasteiger charge is 2.39. The molecule has 2 rings (SSSR count). The van der Waals surface area contributed by atoms with Crippen LogP contribution in [0.15, 0.2) is 18.2 Å². The third-order valence-corrected chi connectivity index (χ3v) is 4.02. The van der Waals surface area contributed by atoms with Crippen LogP contribution in [0.3, 0.4) is 0 Å². The molecule has 0 fully saturated rings. The quantitative estimate of drug-likeness (QED) is 0.854. The summed E-state index contributed by atoms with van der Waals surface area (Å²) < 4.78 is 43.4. The Balaban J connectivity index is 2.55. The van der Waals surface area contributed by atoms with E-state index in [9.17, 15) is 27.9 Å². The standard InChI is InChI=1S/C15H17F3N2O4/c1-3-9-7-11(19-13(21)24-2)10-6-8(15(16,17)18)4-5-12(10)20(9)14(22)23/h4-6,9,11H,3,7H2,1-2H3,(H,19,21)(H,22,23)/t9-,11+/m1/s1. The predicted octanol–water partition coefficient (Wildman–Crippen LogP) is 3.77. The van der Waals surface area contributed by atoms with E-state index in [0.717, 1.165) is 30.2 Å². The summed E-state index contributed by atoms with van der Waals surface area (Å²) in [5.74, 6) is 0. The van der Waals surface area contributed by atoms with Gasteiger partial charge in [0.1, 0.15) is 0 Å². The lowest BCUT2D eigenvalue weighted by molar-refractivity contribution is -0.137. The van der Waals surface area contributed by atoms with Gasteiger partial charge < -0.3 is 15.2 Å². The number of rotatable bonds is 2. The zero-order valence-electron chi connectivity index (χ0n) is 13.1. The Morgan fingerprint density at radius 2 is 2.08 bits per heavy atom. The van der Waals surface area contributed by atoms with E-state index in [1.165, 1.54) is 0 Å². The van der Waals surface area contributed by atoms with Gasteiger partial charge in [-0.1, -0.05) is 6.92 Å². The van der Waals surface area contributed by atoms with Crippen molar-refractivity contribution in [3.05, 3.63) is 29.3 Å². The van der Waals surface area contributed by atoms with Gasteiger partial charge in [0.2, 0.25) is 0 Å². The molecule has 1 aliphatic rings. The zero-order chi connectivity index (χ0) is 18.1. The molecule has 0 bridgehead atoms. The molecule has 0 saturated heterocycles. The van der Waals surface area contributed by atoms with Crippen LogP contribution >= 0.6 is 0 Å². The third kappa shape index (κ3) is 3.39. The van der Waals surface area contributed by atoms with E-state index in [0.29, 0.717) is 6.42 Å². The molecule has 0 unspecified atom stereocenters. The van der Waals surface area contributed by atoms with Gasteiger partial charge >= 0.3 is 18.4 Å². The summed E-state index contributed by atoms with van der Waals surface area (Å²) in [7, 11) is 1.14. The largest absolute Gasteiger partial charge is 0.465 e. The van der Waals surface area contributed by atoms with Crippen molar-refractivity contribution in [3.8, 4) is 0 Å². The van der Waals surface area contributed by atoms with E-state index < -0.39 is 36.0 Å². The Bertz CT molecular complexity index is 648. The molecule has 0 aromatic heterocycles. The highest BCUT2D eigenvalue weighted by molar-refractivity contribution is 5.89. The van der Waals surface area contributed by atoms with Crippen molar-refractivity contribution in [2.24, 2.45) is 0 Å². The molecule has 9 heteroatoms. The summed E-state index contributed by atoms with van der Waals surface area (Å²) in [5, 5.41) is 11.9. The molecule has 2 N–H and O–H groups in total. The fourth-order valence-electron chi connectivity index (χ4n) is 2.88. The van der Waals surface area contributed by atoms with Crippen LogP contribution in [0.4, 0.5) is 28.4 Å². The van der Waals surface area contributed by atoms with Gasteiger partial charge in [-0.05, 0) is 36.6 Å². The van der Waals surface area contributed by atoms with Crippen molar-refractivity contribution in [2.45, 2.75) is 38.0 Å². The van der Waals surface area contributed by atoms with Gasteiger partial charge in [-0.2, -0.15) is 13.2 Å². The Kier molecular flexibility index (Phi) is 4.91. The third-order valence-electron chi connectivity index (χ3n) is 4.02. The van der Waals surface area contributed by atoms with Crippen LogP contribution in [0.5, 0.6) is 0 Å². The molecular formula is C15H17F3N2O4. The smallest absolute Gasteiger partial charge is 0.416 e. The Labute approximate surface area is 136 Å². The number of alkyl carbamates (subject to hydrolysis) is 1. The van der Waals surface area contributed by atoms with Gasteiger partial charge in [0.25, 0.3) is 0 Å². The van der Waals surface area contributed by atoms with Gasteiger partial charge in [-0.3, -0.25) is 4.90 Å². The maximum atomic E-state index is 13.0. The van der Waals surface area contributed by atoms with E-state index in [1.807, 2.05) is 0 Å². The lowest BCUT2D eigenvalue weighted by Crippen LogP contribution is -2.47. The fourth-order valence-corrected chi connectivity index (χ4v) is 2.88. The number of carbonyl (C=O) groups excluding carboxylic acids is 1. The minimum absolute atomic E-state index is 0.0994. The summed E-state index contributed by atoms with van der Waals surface area (Å²) in [6.45, 7) is 1.77. The number of anilines is 1. The first-order valence-corrected chi connectivity index (χ1v) is 7.26. The van der Waals surface area contributed by atoms with Crippen LogP contribution in [-0.2, 0) is 10.9 Å². The van der Waals surface area contributed by atoms with Gasteiger partial charge in [-0.15, -0.1) is 0 Å². The number of fused-ring (bicyclic) bond motifs is 1. The number of carboxylic acid groups (broad SMARTS) is 1. The van der Waals surface area contributed by atoms with Gasteiger partial charge in [0.15, 0.2) is 0 Å². The normalized spacial score (nSPS) is 20.3. The first kappa shape index (κ1) is 17.9. The number of benzene rings is 1. The summed E-state index contributed by atoms with van der Waals surface area (Å²) in [6, 6.07) is 1.60. The molecule has 0 saturated carbocycles. The van der Waals surface area contributed by atoms with Crippen LogP contribution in [0.1, 0.15) is 36.9 Å². The van der Waals surface area contributed by atoms with E-state index in [-0.39, 0.29) is 17.7 Å². The van der Waals surface area contributed by atoms with Gasteiger partial charge in [0, 0.05) is 6.04 Å². The molecule has 0 spiro atoms. The number of carbonyl (C=O) groups is 2. The minimum atomic E-state index is -4.57. The number of ether oxygens (including phenoxy) is 1. The monoisotopic (exact) mass is 346 g/mol. The van der Waals surface area contributed by atoms with E-state index in [4.69, 9.17) is 0 Å². The summed E-state index contributed by atoms with van der Waals surface area (Å²) in [6.07, 6.45) is -6.00. The van der Waals surface area contributed by atoms with Crippen molar-refractivity contribution >= 4 is 17.9 Å². The van der Waals surface area contributed by atoms with E-state index >= 15 is 0 Å². The van der Waals surface area contributed by atoms with Crippen molar-refractivity contribution in [1.29, 1.82) is 0 Å². The van der Waals surface area contributed by atoms with Crippen LogP contribution < -0.4 is 10.2 Å². The molecule has 1 aromatic carbocycles. The van der Waals surface area contributed by atoms with Crippen LogP contribution in [0.25, 0.3) is 0 Å². The second-order valence-corrected chi connectivity index (χ2v) is 5.41. The fraction of sp³-hybridized carbons (Fsp3) is 0.467. The first-order valence-electron chi connectivity index (χ1n) is 7.26. The second-order valence-electron chi connectivity index (χ2n) is 5.41. The lowest BCUT2D eigenvalue weighted by Gasteiger charge is -2.39. The van der Waals surface area contributed by atoms with Crippen LogP contribution in [-0.4, -0.2) is 30.4 Å².